The van der Waals surface area contributed by atoms with Crippen molar-refractivity contribution >= 4 is 11.7 Å². The van der Waals surface area contributed by atoms with Crippen molar-refractivity contribution in [3.05, 3.63) is 36.3 Å². The molecular formula is C12H11N3O4. The molecule has 7 nitrogen and oxygen atoms in total. The SMILES string of the molecule is COC(=O)c1nccc(Oc2cccc(O)c2N)n1. The molecule has 1 heterocycles. The minimum atomic E-state index is -0.672. The summed E-state index contributed by atoms with van der Waals surface area (Å²) in [4.78, 5) is 18.9. The summed E-state index contributed by atoms with van der Waals surface area (Å²) in [5.41, 5.74) is 5.73. The standard InChI is InChI=1S/C12H11N3O4/c1-18-12(17)11-14-6-5-9(15-11)19-8-4-2-3-7(16)10(8)13/h2-6,16H,13H2,1H3. The third kappa shape index (κ3) is 2.71. The second-order valence-electron chi connectivity index (χ2n) is 3.50. The third-order valence-corrected chi connectivity index (χ3v) is 2.26. The second kappa shape index (κ2) is 5.21. The normalized spacial score (nSPS) is 9.95. The van der Waals surface area contributed by atoms with Crippen LogP contribution < -0.4 is 10.5 Å². The van der Waals surface area contributed by atoms with Crippen LogP contribution in [0.25, 0.3) is 0 Å². The molecule has 1 aromatic carbocycles. The Morgan fingerprint density at radius 2 is 2.16 bits per heavy atom. The molecule has 0 spiro atoms. The van der Waals surface area contributed by atoms with Crippen molar-refractivity contribution in [2.24, 2.45) is 0 Å². The number of hydrogen-bond acceptors (Lipinski definition) is 7. The number of rotatable bonds is 3. The van der Waals surface area contributed by atoms with Gasteiger partial charge in [0.2, 0.25) is 11.7 Å². The molecule has 0 atom stereocenters. The summed E-state index contributed by atoms with van der Waals surface area (Å²) in [7, 11) is 1.23. The Bertz CT molecular complexity index is 616. The number of para-hydroxylation sites is 1. The van der Waals surface area contributed by atoms with E-state index in [0.717, 1.165) is 0 Å². The van der Waals surface area contributed by atoms with Gasteiger partial charge in [0.05, 0.1) is 7.11 Å². The number of phenols is 1. The number of phenolic OH excluding ortho intramolecular Hbond substituents is 1. The molecule has 0 saturated carbocycles. The molecule has 0 amide bonds. The maximum atomic E-state index is 11.3. The molecule has 0 aliphatic heterocycles. The Kier molecular flexibility index (Phi) is 3.46. The van der Waals surface area contributed by atoms with Gasteiger partial charge < -0.3 is 20.3 Å². The molecule has 0 radical (unpaired) electrons. The minimum Gasteiger partial charge on any atom is -0.506 e. The number of methoxy groups -OCH3 is 1. The van der Waals surface area contributed by atoms with Crippen molar-refractivity contribution < 1.29 is 19.4 Å². The molecule has 19 heavy (non-hydrogen) atoms. The lowest BCUT2D eigenvalue weighted by atomic mass is 10.3. The van der Waals surface area contributed by atoms with Crippen molar-refractivity contribution in [3.63, 3.8) is 0 Å². The molecule has 0 aliphatic rings. The lowest BCUT2D eigenvalue weighted by Crippen LogP contribution is -2.07. The van der Waals surface area contributed by atoms with Crippen molar-refractivity contribution in [3.8, 4) is 17.4 Å². The zero-order valence-electron chi connectivity index (χ0n) is 10.0. The number of esters is 1. The maximum Gasteiger partial charge on any atom is 0.376 e. The van der Waals surface area contributed by atoms with E-state index < -0.39 is 5.97 Å². The van der Waals surface area contributed by atoms with Crippen LogP contribution in [0.15, 0.2) is 30.5 Å². The van der Waals surface area contributed by atoms with Crippen LogP contribution in [0.1, 0.15) is 10.6 Å². The van der Waals surface area contributed by atoms with Gasteiger partial charge in [0, 0.05) is 12.3 Å². The van der Waals surface area contributed by atoms with Gasteiger partial charge in [0.1, 0.15) is 11.4 Å². The first-order valence-corrected chi connectivity index (χ1v) is 5.28. The van der Waals surface area contributed by atoms with Crippen LogP contribution in [0, 0.1) is 0 Å². The van der Waals surface area contributed by atoms with Crippen molar-refractivity contribution in [1.82, 2.24) is 9.97 Å². The number of aromatic nitrogens is 2. The van der Waals surface area contributed by atoms with E-state index in [1.807, 2.05) is 0 Å². The fraction of sp³-hybridized carbons (Fsp3) is 0.0833. The smallest absolute Gasteiger partial charge is 0.376 e. The van der Waals surface area contributed by atoms with Gasteiger partial charge in [-0.15, -0.1) is 0 Å². The summed E-state index contributed by atoms with van der Waals surface area (Å²) >= 11 is 0. The van der Waals surface area contributed by atoms with Gasteiger partial charge in [-0.05, 0) is 12.1 Å². The van der Waals surface area contributed by atoms with E-state index in [0.29, 0.717) is 0 Å². The van der Waals surface area contributed by atoms with Crippen molar-refractivity contribution in [1.29, 1.82) is 0 Å². The van der Waals surface area contributed by atoms with Crippen LogP contribution in [-0.4, -0.2) is 28.2 Å². The fourth-order valence-electron chi connectivity index (χ4n) is 1.32. The molecular weight excluding hydrogens is 250 g/mol. The molecule has 3 N–H and O–H groups in total. The van der Waals surface area contributed by atoms with E-state index in [1.54, 1.807) is 12.1 Å². The van der Waals surface area contributed by atoms with Crippen molar-refractivity contribution in [2.75, 3.05) is 12.8 Å². The third-order valence-electron chi connectivity index (χ3n) is 2.26. The van der Waals surface area contributed by atoms with Gasteiger partial charge in [-0.1, -0.05) is 6.07 Å². The monoisotopic (exact) mass is 261 g/mol. The lowest BCUT2D eigenvalue weighted by Gasteiger charge is -2.08. The zero-order valence-corrected chi connectivity index (χ0v) is 10.0. The zero-order chi connectivity index (χ0) is 13.8. The van der Waals surface area contributed by atoms with Crippen LogP contribution >= 0.6 is 0 Å². The Labute approximate surface area is 108 Å². The number of aromatic hydroxyl groups is 1. The molecule has 98 valence electrons. The molecule has 0 unspecified atom stereocenters. The number of nitrogens with two attached hydrogens (primary N) is 1. The highest BCUT2D eigenvalue weighted by Crippen LogP contribution is 2.32. The Balaban J connectivity index is 2.28. The summed E-state index contributed by atoms with van der Waals surface area (Å²) in [6.45, 7) is 0. The van der Waals surface area contributed by atoms with Gasteiger partial charge in [-0.3, -0.25) is 0 Å². The molecule has 0 bridgehead atoms. The molecule has 2 aromatic rings. The maximum absolute atomic E-state index is 11.3. The highest BCUT2D eigenvalue weighted by Gasteiger charge is 2.12. The average molecular weight is 261 g/mol. The molecule has 1 aromatic heterocycles. The van der Waals surface area contributed by atoms with Gasteiger partial charge in [-0.25, -0.2) is 9.78 Å². The predicted octanol–water partition coefficient (Wildman–Crippen LogP) is 1.34. The van der Waals surface area contributed by atoms with Crippen molar-refractivity contribution in [2.45, 2.75) is 0 Å². The molecule has 0 saturated heterocycles. The Hall–Kier alpha value is -2.83. The number of nitrogen functional groups attached to an aromatic ring is 1. The van der Waals surface area contributed by atoms with Crippen LogP contribution in [0.2, 0.25) is 0 Å². The lowest BCUT2D eigenvalue weighted by molar-refractivity contribution is 0.0585. The Morgan fingerprint density at radius 1 is 1.37 bits per heavy atom. The van der Waals surface area contributed by atoms with E-state index in [-0.39, 0.29) is 28.9 Å². The van der Waals surface area contributed by atoms with E-state index in [1.165, 1.54) is 25.4 Å². The second-order valence-corrected chi connectivity index (χ2v) is 3.50. The first kappa shape index (κ1) is 12.6. The number of carbonyl (C=O) groups is 1. The summed E-state index contributed by atoms with van der Waals surface area (Å²) in [6.07, 6.45) is 1.35. The Morgan fingerprint density at radius 3 is 2.89 bits per heavy atom. The predicted molar refractivity (Wildman–Crippen MR) is 66.0 cm³/mol. The largest absolute Gasteiger partial charge is 0.506 e. The van der Waals surface area contributed by atoms with Crippen LogP contribution in [-0.2, 0) is 4.74 Å². The number of anilines is 1. The van der Waals surface area contributed by atoms with Crippen LogP contribution in [0.3, 0.4) is 0 Å². The molecule has 7 heteroatoms. The highest BCUT2D eigenvalue weighted by atomic mass is 16.5. The fourth-order valence-corrected chi connectivity index (χ4v) is 1.32. The number of hydrogen-bond donors (Lipinski definition) is 2. The summed E-state index contributed by atoms with van der Waals surface area (Å²) in [5, 5.41) is 9.45. The van der Waals surface area contributed by atoms with Gasteiger partial charge in [0.25, 0.3) is 0 Å². The van der Waals surface area contributed by atoms with Crippen LogP contribution in [0.4, 0.5) is 5.69 Å². The first-order chi connectivity index (χ1) is 9.11. The molecule has 0 fully saturated rings. The summed E-state index contributed by atoms with van der Waals surface area (Å²) in [6, 6.07) is 6.02. The first-order valence-electron chi connectivity index (χ1n) is 5.28. The van der Waals surface area contributed by atoms with E-state index in [4.69, 9.17) is 10.5 Å². The average Bonchev–Trinajstić information content (AvgIpc) is 2.43. The number of carbonyl (C=O) groups excluding carboxylic acids is 1. The van der Waals surface area contributed by atoms with Gasteiger partial charge in [-0.2, -0.15) is 4.98 Å². The molecule has 2 rings (SSSR count). The van der Waals surface area contributed by atoms with E-state index in [2.05, 4.69) is 14.7 Å². The van der Waals surface area contributed by atoms with E-state index >= 15 is 0 Å². The minimum absolute atomic E-state index is 0.0840. The number of ether oxygens (including phenoxy) is 2. The van der Waals surface area contributed by atoms with Gasteiger partial charge >= 0.3 is 5.97 Å². The summed E-state index contributed by atoms with van der Waals surface area (Å²) in [5.74, 6) is -0.546. The van der Waals surface area contributed by atoms with E-state index in [9.17, 15) is 9.90 Å². The van der Waals surface area contributed by atoms with Gasteiger partial charge in [0.15, 0.2) is 5.75 Å². The number of nitrogens with zero attached hydrogens (tertiary/aromatic N) is 2. The summed E-state index contributed by atoms with van der Waals surface area (Å²) < 4.78 is 9.88. The topological polar surface area (TPSA) is 108 Å². The quantitative estimate of drug-likeness (QED) is 0.487. The highest BCUT2D eigenvalue weighted by molar-refractivity contribution is 5.85. The number of benzene rings is 1. The molecule has 0 aliphatic carbocycles. The van der Waals surface area contributed by atoms with Crippen LogP contribution in [0.5, 0.6) is 17.4 Å².